The van der Waals surface area contributed by atoms with Crippen LogP contribution in [0.15, 0.2) is 65.2 Å². The van der Waals surface area contributed by atoms with Crippen LogP contribution in [0.25, 0.3) is 22.2 Å². The lowest BCUT2D eigenvalue weighted by molar-refractivity contribution is 0.0556. The van der Waals surface area contributed by atoms with Crippen molar-refractivity contribution in [1.29, 1.82) is 0 Å². The van der Waals surface area contributed by atoms with E-state index in [-0.39, 0.29) is 23.6 Å². The van der Waals surface area contributed by atoms with Gasteiger partial charge in [-0.05, 0) is 24.0 Å². The third-order valence-corrected chi connectivity index (χ3v) is 5.76. The summed E-state index contributed by atoms with van der Waals surface area (Å²) in [5.41, 5.74) is 5.21. The topological polar surface area (TPSA) is 62.1 Å². The van der Waals surface area contributed by atoms with E-state index in [1.54, 1.807) is 6.07 Å². The Balaban J connectivity index is 1.51. The van der Waals surface area contributed by atoms with Gasteiger partial charge < -0.3 is 14.4 Å². The summed E-state index contributed by atoms with van der Waals surface area (Å²) < 4.78 is 5.46. The standard InChI is InChI=1S/C24H23N3O2/c1-15(2)23-22-18(17-10-6-7-11-19(17)25-22)12-13-27(23)24(28)21-14-20(26-29-21)16-8-4-3-5-9-16/h3-11,14-15,23,25H,12-13H2,1-2H3. The Morgan fingerprint density at radius 3 is 2.69 bits per heavy atom. The lowest BCUT2D eigenvalue weighted by atomic mass is 9.90. The van der Waals surface area contributed by atoms with Gasteiger partial charge in [-0.25, -0.2) is 0 Å². The first kappa shape index (κ1) is 17.7. The summed E-state index contributed by atoms with van der Waals surface area (Å²) in [6.45, 7) is 4.97. The summed E-state index contributed by atoms with van der Waals surface area (Å²) in [5.74, 6) is 0.444. The van der Waals surface area contributed by atoms with Gasteiger partial charge in [0.2, 0.25) is 5.76 Å². The molecule has 29 heavy (non-hydrogen) atoms. The highest BCUT2D eigenvalue weighted by Gasteiger charge is 2.36. The maximum atomic E-state index is 13.4. The van der Waals surface area contributed by atoms with Crippen LogP contribution < -0.4 is 0 Å². The first-order valence-corrected chi connectivity index (χ1v) is 10.1. The van der Waals surface area contributed by atoms with Crippen molar-refractivity contribution in [3.05, 3.63) is 77.7 Å². The molecule has 0 saturated carbocycles. The number of nitrogens with zero attached hydrogens (tertiary/aromatic N) is 2. The molecule has 3 heterocycles. The number of carbonyl (C=O) groups excluding carboxylic acids is 1. The van der Waals surface area contributed by atoms with E-state index in [0.29, 0.717) is 12.2 Å². The number of para-hydroxylation sites is 1. The van der Waals surface area contributed by atoms with Crippen molar-refractivity contribution in [2.24, 2.45) is 5.92 Å². The van der Waals surface area contributed by atoms with Gasteiger partial charge in [0, 0.05) is 34.8 Å². The minimum atomic E-state index is -0.109. The maximum absolute atomic E-state index is 13.4. The number of nitrogens with one attached hydrogen (secondary N) is 1. The van der Waals surface area contributed by atoms with E-state index in [9.17, 15) is 4.79 Å². The number of hydrogen-bond acceptors (Lipinski definition) is 3. The molecule has 5 rings (SSSR count). The highest BCUT2D eigenvalue weighted by molar-refractivity contribution is 5.93. The fourth-order valence-electron chi connectivity index (χ4n) is 4.45. The molecule has 1 aliphatic heterocycles. The summed E-state index contributed by atoms with van der Waals surface area (Å²) in [5, 5.41) is 5.38. The number of hydrogen-bond donors (Lipinski definition) is 1. The largest absolute Gasteiger partial charge is 0.356 e. The zero-order chi connectivity index (χ0) is 20.0. The lowest BCUT2D eigenvalue weighted by Gasteiger charge is -2.37. The lowest BCUT2D eigenvalue weighted by Crippen LogP contribution is -2.42. The number of rotatable bonds is 3. The number of carbonyl (C=O) groups is 1. The quantitative estimate of drug-likeness (QED) is 0.526. The SMILES string of the molecule is CC(C)C1c2[nH]c3ccccc3c2CCN1C(=O)c1cc(-c2ccccc2)no1. The summed E-state index contributed by atoms with van der Waals surface area (Å²) in [7, 11) is 0. The zero-order valence-corrected chi connectivity index (χ0v) is 16.6. The van der Waals surface area contributed by atoms with Crippen LogP contribution in [-0.4, -0.2) is 27.5 Å². The molecule has 1 aliphatic rings. The fraction of sp³-hybridized carbons (Fsp3) is 0.250. The molecular formula is C24H23N3O2. The summed E-state index contributed by atoms with van der Waals surface area (Å²) in [6, 6.07) is 19.8. The minimum absolute atomic E-state index is 0.0241. The van der Waals surface area contributed by atoms with Crippen LogP contribution in [0, 0.1) is 5.92 Å². The normalized spacial score (nSPS) is 16.4. The van der Waals surface area contributed by atoms with E-state index in [0.717, 1.165) is 23.2 Å². The van der Waals surface area contributed by atoms with Crippen molar-refractivity contribution < 1.29 is 9.32 Å². The summed E-state index contributed by atoms with van der Waals surface area (Å²) >= 11 is 0. The van der Waals surface area contributed by atoms with Gasteiger partial charge in [0.1, 0.15) is 5.69 Å². The van der Waals surface area contributed by atoms with Gasteiger partial charge in [-0.1, -0.05) is 67.5 Å². The van der Waals surface area contributed by atoms with E-state index in [4.69, 9.17) is 4.52 Å². The number of H-pyrrole nitrogens is 1. The van der Waals surface area contributed by atoms with E-state index < -0.39 is 0 Å². The Hall–Kier alpha value is -3.34. The van der Waals surface area contributed by atoms with Gasteiger partial charge in [-0.15, -0.1) is 0 Å². The molecule has 2 aromatic carbocycles. The molecule has 146 valence electrons. The van der Waals surface area contributed by atoms with Crippen molar-refractivity contribution in [2.45, 2.75) is 26.3 Å². The van der Waals surface area contributed by atoms with E-state index in [1.807, 2.05) is 41.3 Å². The second-order valence-electron chi connectivity index (χ2n) is 7.94. The summed E-state index contributed by atoms with van der Waals surface area (Å²) in [4.78, 5) is 18.9. The monoisotopic (exact) mass is 385 g/mol. The maximum Gasteiger partial charge on any atom is 0.293 e. The Labute approximate surface area is 169 Å². The van der Waals surface area contributed by atoms with Gasteiger partial charge in [0.05, 0.1) is 6.04 Å². The van der Waals surface area contributed by atoms with Crippen molar-refractivity contribution in [2.75, 3.05) is 6.54 Å². The van der Waals surface area contributed by atoms with E-state index in [1.165, 1.54) is 10.9 Å². The van der Waals surface area contributed by atoms with E-state index in [2.05, 4.69) is 42.2 Å². The van der Waals surface area contributed by atoms with Gasteiger partial charge in [-0.3, -0.25) is 4.79 Å². The second-order valence-corrected chi connectivity index (χ2v) is 7.94. The molecular weight excluding hydrogens is 362 g/mol. The smallest absolute Gasteiger partial charge is 0.293 e. The molecule has 0 spiro atoms. The molecule has 0 radical (unpaired) electrons. The number of benzene rings is 2. The van der Waals surface area contributed by atoms with Crippen molar-refractivity contribution in [1.82, 2.24) is 15.0 Å². The Morgan fingerprint density at radius 1 is 1.14 bits per heavy atom. The fourth-order valence-corrected chi connectivity index (χ4v) is 4.45. The van der Waals surface area contributed by atoms with Gasteiger partial charge in [-0.2, -0.15) is 0 Å². The van der Waals surface area contributed by atoms with Crippen LogP contribution in [0.1, 0.15) is 41.7 Å². The first-order chi connectivity index (χ1) is 14.1. The molecule has 0 fully saturated rings. The number of fused-ring (bicyclic) bond motifs is 3. The Kier molecular flexibility index (Phi) is 4.23. The van der Waals surface area contributed by atoms with Gasteiger partial charge in [0.25, 0.3) is 5.91 Å². The molecule has 5 heteroatoms. The van der Waals surface area contributed by atoms with Crippen molar-refractivity contribution in [3.63, 3.8) is 0 Å². The number of aromatic nitrogens is 2. The molecule has 0 saturated heterocycles. The number of aromatic amines is 1. The second kappa shape index (κ2) is 6.92. The third kappa shape index (κ3) is 2.94. The average Bonchev–Trinajstić information content (AvgIpc) is 3.38. The van der Waals surface area contributed by atoms with Crippen molar-refractivity contribution in [3.8, 4) is 11.3 Å². The van der Waals surface area contributed by atoms with Crippen LogP contribution in [0.4, 0.5) is 0 Å². The molecule has 0 bridgehead atoms. The van der Waals surface area contributed by atoms with E-state index >= 15 is 0 Å². The molecule has 1 unspecified atom stereocenters. The predicted molar refractivity (Wildman–Crippen MR) is 113 cm³/mol. The molecule has 5 nitrogen and oxygen atoms in total. The number of amides is 1. The average molecular weight is 385 g/mol. The van der Waals surface area contributed by atoms with Gasteiger partial charge >= 0.3 is 0 Å². The first-order valence-electron chi connectivity index (χ1n) is 10.1. The third-order valence-electron chi connectivity index (χ3n) is 5.76. The molecule has 1 atom stereocenters. The molecule has 0 aliphatic carbocycles. The van der Waals surface area contributed by atoms with Crippen LogP contribution in [-0.2, 0) is 6.42 Å². The Bertz CT molecular complexity index is 1170. The molecule has 4 aromatic rings. The highest BCUT2D eigenvalue weighted by atomic mass is 16.5. The van der Waals surface area contributed by atoms with Crippen LogP contribution in [0.5, 0.6) is 0 Å². The summed E-state index contributed by atoms with van der Waals surface area (Å²) in [6.07, 6.45) is 0.827. The molecule has 2 aromatic heterocycles. The highest BCUT2D eigenvalue weighted by Crippen LogP contribution is 2.39. The van der Waals surface area contributed by atoms with Crippen LogP contribution in [0.3, 0.4) is 0 Å². The van der Waals surface area contributed by atoms with Gasteiger partial charge in [0.15, 0.2) is 0 Å². The molecule has 1 amide bonds. The zero-order valence-electron chi connectivity index (χ0n) is 16.6. The molecule has 1 N–H and O–H groups in total. The minimum Gasteiger partial charge on any atom is -0.356 e. The Morgan fingerprint density at radius 2 is 1.90 bits per heavy atom. The van der Waals surface area contributed by atoms with Crippen molar-refractivity contribution >= 4 is 16.8 Å². The van der Waals surface area contributed by atoms with Crippen LogP contribution >= 0.6 is 0 Å². The predicted octanol–water partition coefficient (Wildman–Crippen LogP) is 5.22. The van der Waals surface area contributed by atoms with Crippen LogP contribution in [0.2, 0.25) is 0 Å².